The molecule has 1 rings (SSSR count). The Morgan fingerprint density at radius 3 is 2.35 bits per heavy atom. The summed E-state index contributed by atoms with van der Waals surface area (Å²) in [4.78, 5) is 36.0. The number of nitrogens with zero attached hydrogens (tertiary/aromatic N) is 1. The number of amides is 3. The summed E-state index contributed by atoms with van der Waals surface area (Å²) in [6.45, 7) is 7.61. The molecule has 0 saturated carbocycles. The van der Waals surface area contributed by atoms with Gasteiger partial charge in [-0.15, -0.1) is 0 Å². The van der Waals surface area contributed by atoms with Gasteiger partial charge in [0.05, 0.1) is 12.0 Å². The Balaban J connectivity index is 2.42. The number of nitrogens with one attached hydrogen (secondary N) is 2. The van der Waals surface area contributed by atoms with Gasteiger partial charge in [0.25, 0.3) is 0 Å². The third-order valence-corrected chi connectivity index (χ3v) is 3.19. The van der Waals surface area contributed by atoms with E-state index in [1.54, 1.807) is 6.92 Å². The van der Waals surface area contributed by atoms with Crippen LogP contribution in [0.2, 0.25) is 0 Å². The molecule has 7 nitrogen and oxygen atoms in total. The number of likely N-dealkylation sites (tertiary alicyclic amines) is 1. The van der Waals surface area contributed by atoms with Crippen molar-refractivity contribution in [3.8, 4) is 0 Å². The van der Waals surface area contributed by atoms with Gasteiger partial charge in [0.15, 0.2) is 0 Å². The summed E-state index contributed by atoms with van der Waals surface area (Å²) in [7, 11) is 0. The van der Waals surface area contributed by atoms with Crippen LogP contribution < -0.4 is 10.6 Å². The lowest BCUT2D eigenvalue weighted by Crippen LogP contribution is -2.48. The maximum atomic E-state index is 11.9. The number of rotatable bonds is 3. The summed E-state index contributed by atoms with van der Waals surface area (Å²) in [5.41, 5.74) is -1.25. The number of hydrogen-bond donors (Lipinski definition) is 3. The lowest BCUT2D eigenvalue weighted by atomic mass is 9.90. The van der Waals surface area contributed by atoms with Gasteiger partial charge in [-0.2, -0.15) is 0 Å². The number of urea groups is 1. The summed E-state index contributed by atoms with van der Waals surface area (Å²) < 4.78 is 0. The highest BCUT2D eigenvalue weighted by Crippen LogP contribution is 2.29. The van der Waals surface area contributed by atoms with E-state index in [1.807, 2.05) is 20.8 Å². The van der Waals surface area contributed by atoms with Crippen molar-refractivity contribution in [3.63, 3.8) is 0 Å². The molecule has 1 aliphatic rings. The summed E-state index contributed by atoms with van der Waals surface area (Å²) >= 11 is 0. The molecule has 1 saturated heterocycles. The first kappa shape index (κ1) is 16.3. The first-order valence-electron chi connectivity index (χ1n) is 6.61. The number of carbonyl (C=O) groups is 3. The normalized spacial score (nSPS) is 22.5. The van der Waals surface area contributed by atoms with Crippen LogP contribution in [0.3, 0.4) is 0 Å². The van der Waals surface area contributed by atoms with Crippen LogP contribution in [0.5, 0.6) is 0 Å². The highest BCUT2D eigenvalue weighted by molar-refractivity contribution is 5.85. The fraction of sp³-hybridized carbons (Fsp3) is 0.769. The second-order valence-electron chi connectivity index (χ2n) is 6.49. The van der Waals surface area contributed by atoms with Crippen LogP contribution in [0.25, 0.3) is 0 Å². The predicted octanol–water partition coefficient (Wildman–Crippen LogP) is 0.407. The molecule has 114 valence electrons. The SMILES string of the molecule is CC(C)(C)NC(=O)CNC(=O)N1CCC(C)(C(=O)O)C1. The van der Waals surface area contributed by atoms with Gasteiger partial charge in [-0.05, 0) is 34.1 Å². The van der Waals surface area contributed by atoms with Gasteiger partial charge in [0.2, 0.25) is 5.91 Å². The molecule has 0 spiro atoms. The van der Waals surface area contributed by atoms with E-state index in [0.717, 1.165) is 0 Å². The second kappa shape index (κ2) is 5.68. The maximum Gasteiger partial charge on any atom is 0.317 e. The second-order valence-corrected chi connectivity index (χ2v) is 6.49. The van der Waals surface area contributed by atoms with E-state index in [1.165, 1.54) is 4.90 Å². The molecule has 0 radical (unpaired) electrons. The Kier molecular flexibility index (Phi) is 4.62. The third-order valence-electron chi connectivity index (χ3n) is 3.19. The van der Waals surface area contributed by atoms with Crippen molar-refractivity contribution in [2.45, 2.75) is 39.7 Å². The van der Waals surface area contributed by atoms with Gasteiger partial charge in [-0.3, -0.25) is 9.59 Å². The van der Waals surface area contributed by atoms with Crippen molar-refractivity contribution in [2.24, 2.45) is 5.41 Å². The fourth-order valence-electron chi connectivity index (χ4n) is 2.04. The molecule has 20 heavy (non-hydrogen) atoms. The smallest absolute Gasteiger partial charge is 0.317 e. The number of carboxylic acid groups (broad SMARTS) is 1. The van der Waals surface area contributed by atoms with E-state index in [2.05, 4.69) is 10.6 Å². The molecular weight excluding hydrogens is 262 g/mol. The molecule has 0 bridgehead atoms. The number of hydrogen-bond acceptors (Lipinski definition) is 3. The zero-order valence-corrected chi connectivity index (χ0v) is 12.4. The summed E-state index contributed by atoms with van der Waals surface area (Å²) in [6, 6.07) is -0.404. The largest absolute Gasteiger partial charge is 0.481 e. The first-order valence-corrected chi connectivity index (χ1v) is 6.61. The minimum Gasteiger partial charge on any atom is -0.481 e. The minimum atomic E-state index is -0.904. The zero-order chi connectivity index (χ0) is 15.6. The lowest BCUT2D eigenvalue weighted by molar-refractivity contribution is -0.147. The van der Waals surface area contributed by atoms with Crippen molar-refractivity contribution < 1.29 is 19.5 Å². The number of carbonyl (C=O) groups excluding carboxylic acids is 2. The first-order chi connectivity index (χ1) is 9.03. The molecule has 0 aromatic carbocycles. The van der Waals surface area contributed by atoms with Crippen molar-refractivity contribution in [2.75, 3.05) is 19.6 Å². The molecule has 1 unspecified atom stereocenters. The molecule has 0 aliphatic carbocycles. The Hall–Kier alpha value is -1.79. The van der Waals surface area contributed by atoms with Gasteiger partial charge in [-0.1, -0.05) is 0 Å². The Morgan fingerprint density at radius 2 is 1.90 bits per heavy atom. The molecule has 1 fully saturated rings. The maximum absolute atomic E-state index is 11.9. The molecular formula is C13H23N3O4. The van der Waals surface area contributed by atoms with Crippen LogP contribution in [0.4, 0.5) is 4.79 Å². The van der Waals surface area contributed by atoms with Crippen LogP contribution in [0, 0.1) is 5.41 Å². The molecule has 1 atom stereocenters. The third kappa shape index (κ3) is 4.40. The number of carboxylic acids is 1. The molecule has 3 amide bonds. The standard InChI is InChI=1S/C13H23N3O4/c1-12(2,3)15-9(17)7-14-11(20)16-6-5-13(4,8-16)10(18)19/h5-8H2,1-4H3,(H,14,20)(H,15,17)(H,18,19). The Labute approximate surface area is 118 Å². The van der Waals surface area contributed by atoms with Crippen molar-refractivity contribution in [1.82, 2.24) is 15.5 Å². The molecule has 3 N–H and O–H groups in total. The van der Waals surface area contributed by atoms with Crippen LogP contribution >= 0.6 is 0 Å². The van der Waals surface area contributed by atoms with Gasteiger partial charge in [-0.25, -0.2) is 4.79 Å². The summed E-state index contributed by atoms with van der Waals surface area (Å²) in [5.74, 6) is -1.18. The quantitative estimate of drug-likeness (QED) is 0.699. The van der Waals surface area contributed by atoms with E-state index in [-0.39, 0.29) is 24.5 Å². The molecule has 0 aromatic heterocycles. The Morgan fingerprint density at radius 1 is 1.30 bits per heavy atom. The summed E-state index contributed by atoms with van der Waals surface area (Å²) in [6.07, 6.45) is 0.421. The number of aliphatic carboxylic acids is 1. The van der Waals surface area contributed by atoms with Gasteiger partial charge in [0.1, 0.15) is 0 Å². The van der Waals surface area contributed by atoms with Crippen LogP contribution in [-0.4, -0.2) is 53.1 Å². The fourth-order valence-corrected chi connectivity index (χ4v) is 2.04. The highest BCUT2D eigenvalue weighted by atomic mass is 16.4. The van der Waals surface area contributed by atoms with Crippen molar-refractivity contribution >= 4 is 17.9 Å². The minimum absolute atomic E-state index is 0.115. The molecule has 7 heteroatoms. The lowest BCUT2D eigenvalue weighted by Gasteiger charge is -2.22. The Bertz CT molecular complexity index is 416. The van der Waals surface area contributed by atoms with Crippen LogP contribution in [0.15, 0.2) is 0 Å². The van der Waals surface area contributed by atoms with E-state index >= 15 is 0 Å². The average molecular weight is 285 g/mol. The molecule has 1 heterocycles. The van der Waals surface area contributed by atoms with Gasteiger partial charge < -0.3 is 20.6 Å². The zero-order valence-electron chi connectivity index (χ0n) is 12.4. The van der Waals surface area contributed by atoms with Crippen LogP contribution in [0.1, 0.15) is 34.1 Å². The average Bonchev–Trinajstić information content (AvgIpc) is 2.68. The van der Waals surface area contributed by atoms with Crippen molar-refractivity contribution in [3.05, 3.63) is 0 Å². The predicted molar refractivity (Wildman–Crippen MR) is 73.2 cm³/mol. The molecule has 0 aromatic rings. The van der Waals surface area contributed by atoms with Gasteiger partial charge in [0, 0.05) is 18.6 Å². The van der Waals surface area contributed by atoms with Gasteiger partial charge >= 0.3 is 12.0 Å². The van der Waals surface area contributed by atoms with E-state index in [4.69, 9.17) is 5.11 Å². The highest BCUT2D eigenvalue weighted by Gasteiger charge is 2.42. The van der Waals surface area contributed by atoms with Crippen LogP contribution in [-0.2, 0) is 9.59 Å². The van der Waals surface area contributed by atoms with Crippen molar-refractivity contribution in [1.29, 1.82) is 0 Å². The monoisotopic (exact) mass is 285 g/mol. The molecule has 1 aliphatic heterocycles. The summed E-state index contributed by atoms with van der Waals surface area (Å²) in [5, 5.41) is 14.3. The van der Waals surface area contributed by atoms with E-state index in [0.29, 0.717) is 13.0 Å². The van der Waals surface area contributed by atoms with E-state index < -0.39 is 17.4 Å². The van der Waals surface area contributed by atoms with E-state index in [9.17, 15) is 14.4 Å². The topological polar surface area (TPSA) is 98.7 Å².